The topological polar surface area (TPSA) is 82.0 Å². The molecule has 0 atom stereocenters. The molecule has 0 aliphatic rings. The van der Waals surface area contributed by atoms with Gasteiger partial charge in [0.15, 0.2) is 6.19 Å². The Balaban J connectivity index is 2.54. The van der Waals surface area contributed by atoms with Crippen molar-refractivity contribution in [1.29, 1.82) is 5.26 Å². The number of nitrogens with zero attached hydrogens (tertiary/aromatic N) is 1. The van der Waals surface area contributed by atoms with Gasteiger partial charge in [0.25, 0.3) is 11.8 Å². The molecule has 16 heavy (non-hydrogen) atoms. The fourth-order valence-electron chi connectivity index (χ4n) is 0.999. The monoisotopic (exact) mass is 237 g/mol. The maximum absolute atomic E-state index is 11.5. The summed E-state index contributed by atoms with van der Waals surface area (Å²) in [7, 11) is 0. The summed E-state index contributed by atoms with van der Waals surface area (Å²) in [6, 6.07) is 6.33. The second-order valence-corrected chi connectivity index (χ2v) is 3.29. The number of halogens is 1. The highest BCUT2D eigenvalue weighted by molar-refractivity contribution is 6.30. The zero-order chi connectivity index (χ0) is 12.0. The Morgan fingerprint density at radius 1 is 1.44 bits per heavy atom. The van der Waals surface area contributed by atoms with E-state index in [9.17, 15) is 9.59 Å². The first-order valence-corrected chi connectivity index (χ1v) is 4.73. The van der Waals surface area contributed by atoms with E-state index >= 15 is 0 Å². The lowest BCUT2D eigenvalue weighted by Gasteiger charge is -2.03. The van der Waals surface area contributed by atoms with E-state index < -0.39 is 11.8 Å². The van der Waals surface area contributed by atoms with E-state index in [2.05, 4.69) is 5.32 Å². The predicted octanol–water partition coefficient (Wildman–Crippen LogP) is 0.667. The van der Waals surface area contributed by atoms with Crippen LogP contribution in [-0.2, 0) is 4.79 Å². The molecule has 0 aromatic heterocycles. The van der Waals surface area contributed by atoms with Gasteiger partial charge in [-0.2, -0.15) is 5.26 Å². The van der Waals surface area contributed by atoms with Gasteiger partial charge in [-0.3, -0.25) is 14.9 Å². The smallest absolute Gasteiger partial charge is 0.252 e. The number of amides is 2. The average Bonchev–Trinajstić information content (AvgIpc) is 2.26. The van der Waals surface area contributed by atoms with Crippen molar-refractivity contribution in [1.82, 2.24) is 10.6 Å². The third-order valence-corrected chi connectivity index (χ3v) is 1.93. The first kappa shape index (κ1) is 12.0. The van der Waals surface area contributed by atoms with E-state index in [-0.39, 0.29) is 6.54 Å². The number of rotatable bonds is 3. The molecular formula is C10H8ClN3O2. The van der Waals surface area contributed by atoms with E-state index in [0.717, 1.165) is 0 Å². The number of nitrogens with one attached hydrogen (secondary N) is 2. The van der Waals surface area contributed by atoms with Crippen LogP contribution in [-0.4, -0.2) is 18.4 Å². The molecular weight excluding hydrogens is 230 g/mol. The first-order valence-electron chi connectivity index (χ1n) is 4.35. The maximum Gasteiger partial charge on any atom is 0.252 e. The number of carbonyl (C=O) groups is 2. The molecule has 1 aromatic carbocycles. The number of hydrogen-bond acceptors (Lipinski definition) is 3. The van der Waals surface area contributed by atoms with Crippen molar-refractivity contribution in [3.05, 3.63) is 34.9 Å². The largest absolute Gasteiger partial charge is 0.343 e. The van der Waals surface area contributed by atoms with Gasteiger partial charge in [-0.05, 0) is 18.2 Å². The SMILES string of the molecule is N#CNC(=O)CNC(=O)c1cccc(Cl)c1. The van der Waals surface area contributed by atoms with Crippen molar-refractivity contribution in [2.45, 2.75) is 0 Å². The van der Waals surface area contributed by atoms with Crippen molar-refractivity contribution in [2.24, 2.45) is 0 Å². The molecule has 0 bridgehead atoms. The highest BCUT2D eigenvalue weighted by atomic mass is 35.5. The van der Waals surface area contributed by atoms with E-state index in [1.807, 2.05) is 5.32 Å². The van der Waals surface area contributed by atoms with Gasteiger partial charge in [-0.1, -0.05) is 17.7 Å². The van der Waals surface area contributed by atoms with Crippen LogP contribution in [0.25, 0.3) is 0 Å². The van der Waals surface area contributed by atoms with Gasteiger partial charge in [0.2, 0.25) is 0 Å². The van der Waals surface area contributed by atoms with Crippen molar-refractivity contribution < 1.29 is 9.59 Å². The fourth-order valence-corrected chi connectivity index (χ4v) is 1.19. The molecule has 1 rings (SSSR count). The Labute approximate surface area is 97.0 Å². The van der Waals surface area contributed by atoms with Crippen LogP contribution in [0.3, 0.4) is 0 Å². The van der Waals surface area contributed by atoms with Crippen LogP contribution in [0.15, 0.2) is 24.3 Å². The van der Waals surface area contributed by atoms with Gasteiger partial charge >= 0.3 is 0 Å². The van der Waals surface area contributed by atoms with Crippen molar-refractivity contribution in [3.63, 3.8) is 0 Å². The molecule has 2 amide bonds. The minimum absolute atomic E-state index is 0.251. The number of hydrogen-bond donors (Lipinski definition) is 2. The number of carbonyl (C=O) groups excluding carboxylic acids is 2. The van der Waals surface area contributed by atoms with E-state index in [1.165, 1.54) is 12.3 Å². The van der Waals surface area contributed by atoms with E-state index in [0.29, 0.717) is 10.6 Å². The molecule has 1 aromatic rings. The molecule has 5 nitrogen and oxygen atoms in total. The van der Waals surface area contributed by atoms with Crippen LogP contribution >= 0.6 is 11.6 Å². The quantitative estimate of drug-likeness (QED) is 0.599. The molecule has 0 heterocycles. The van der Waals surface area contributed by atoms with Crippen LogP contribution in [0.4, 0.5) is 0 Å². The molecule has 0 fully saturated rings. The van der Waals surface area contributed by atoms with Crippen LogP contribution in [0, 0.1) is 11.5 Å². The Morgan fingerprint density at radius 3 is 2.81 bits per heavy atom. The molecule has 0 spiro atoms. The maximum atomic E-state index is 11.5. The normalized spacial score (nSPS) is 9.00. The molecule has 0 aliphatic carbocycles. The van der Waals surface area contributed by atoms with Gasteiger partial charge in [0.05, 0.1) is 6.54 Å². The summed E-state index contributed by atoms with van der Waals surface area (Å²) >= 11 is 5.70. The van der Waals surface area contributed by atoms with Crippen molar-refractivity contribution >= 4 is 23.4 Å². The summed E-state index contributed by atoms with van der Waals surface area (Å²) in [6.07, 6.45) is 1.47. The molecule has 0 radical (unpaired) electrons. The molecule has 0 saturated heterocycles. The lowest BCUT2D eigenvalue weighted by atomic mass is 10.2. The standard InChI is InChI=1S/C10H8ClN3O2/c11-8-3-1-2-7(4-8)10(16)13-5-9(15)14-6-12/h1-4H,5H2,(H,13,16)(H,14,15). The van der Waals surface area contributed by atoms with Gasteiger partial charge in [0.1, 0.15) is 0 Å². The fraction of sp³-hybridized carbons (Fsp3) is 0.100. The molecule has 2 N–H and O–H groups in total. The average molecular weight is 238 g/mol. The zero-order valence-electron chi connectivity index (χ0n) is 8.16. The third kappa shape index (κ3) is 3.59. The highest BCUT2D eigenvalue weighted by Crippen LogP contribution is 2.10. The predicted molar refractivity (Wildman–Crippen MR) is 57.5 cm³/mol. The molecule has 0 saturated carbocycles. The molecule has 0 unspecified atom stereocenters. The van der Waals surface area contributed by atoms with Crippen LogP contribution < -0.4 is 10.6 Å². The minimum Gasteiger partial charge on any atom is -0.343 e. The van der Waals surface area contributed by atoms with E-state index in [4.69, 9.17) is 16.9 Å². The van der Waals surface area contributed by atoms with Gasteiger partial charge in [-0.15, -0.1) is 0 Å². The Morgan fingerprint density at radius 2 is 2.19 bits per heavy atom. The molecule has 6 heteroatoms. The molecule has 82 valence electrons. The summed E-state index contributed by atoms with van der Waals surface area (Å²) < 4.78 is 0. The lowest BCUT2D eigenvalue weighted by Crippen LogP contribution is -2.34. The molecule has 0 aliphatic heterocycles. The van der Waals surface area contributed by atoms with Crippen molar-refractivity contribution in [3.8, 4) is 6.19 Å². The summed E-state index contributed by atoms with van der Waals surface area (Å²) in [5, 5.41) is 12.8. The highest BCUT2D eigenvalue weighted by Gasteiger charge is 2.07. The summed E-state index contributed by atoms with van der Waals surface area (Å²) in [5.74, 6) is -0.992. The van der Waals surface area contributed by atoms with Crippen LogP contribution in [0.1, 0.15) is 10.4 Å². The number of benzene rings is 1. The number of nitriles is 1. The van der Waals surface area contributed by atoms with Crippen molar-refractivity contribution in [2.75, 3.05) is 6.54 Å². The summed E-state index contributed by atoms with van der Waals surface area (Å²) in [4.78, 5) is 22.3. The zero-order valence-corrected chi connectivity index (χ0v) is 8.91. The second-order valence-electron chi connectivity index (χ2n) is 2.85. The summed E-state index contributed by atoms with van der Waals surface area (Å²) in [5.41, 5.74) is 0.359. The van der Waals surface area contributed by atoms with Gasteiger partial charge in [0, 0.05) is 10.6 Å². The Hall–Kier alpha value is -2.06. The minimum atomic E-state index is -0.571. The van der Waals surface area contributed by atoms with Crippen LogP contribution in [0.2, 0.25) is 5.02 Å². The Bertz CT molecular complexity index is 454. The van der Waals surface area contributed by atoms with Gasteiger partial charge < -0.3 is 5.32 Å². The van der Waals surface area contributed by atoms with Crippen LogP contribution in [0.5, 0.6) is 0 Å². The van der Waals surface area contributed by atoms with E-state index in [1.54, 1.807) is 18.2 Å². The third-order valence-electron chi connectivity index (χ3n) is 1.69. The summed E-state index contributed by atoms with van der Waals surface area (Å²) in [6.45, 7) is -0.251. The Kier molecular flexibility index (Phi) is 4.30. The van der Waals surface area contributed by atoms with Gasteiger partial charge in [-0.25, -0.2) is 0 Å². The lowest BCUT2D eigenvalue weighted by molar-refractivity contribution is -0.119. The first-order chi connectivity index (χ1) is 7.63. The second kappa shape index (κ2) is 5.73.